The first-order valence-electron chi connectivity index (χ1n) is 6.26. The Bertz CT molecular complexity index is 450. The van der Waals surface area contributed by atoms with Gasteiger partial charge in [-0.25, -0.2) is 0 Å². The van der Waals surface area contributed by atoms with E-state index in [0.717, 1.165) is 5.56 Å². The van der Waals surface area contributed by atoms with E-state index < -0.39 is 0 Å². The molecule has 96 valence electrons. The quantitative estimate of drug-likeness (QED) is 0.817. The lowest BCUT2D eigenvalue weighted by Gasteiger charge is -2.30. The Hall–Kier alpha value is -1.82. The molecule has 0 bridgehead atoms. The van der Waals surface area contributed by atoms with Crippen molar-refractivity contribution in [3.05, 3.63) is 35.4 Å². The fraction of sp³-hybridized carbons (Fsp3) is 0.467. The fourth-order valence-electron chi connectivity index (χ4n) is 2.19. The van der Waals surface area contributed by atoms with Crippen LogP contribution in [0.1, 0.15) is 38.8 Å². The largest absolute Gasteiger partial charge is 0.338 e. The van der Waals surface area contributed by atoms with Gasteiger partial charge in [0, 0.05) is 12.1 Å². The number of rotatable bonds is 4. The second-order valence-electron chi connectivity index (χ2n) is 4.98. The van der Waals surface area contributed by atoms with Gasteiger partial charge >= 0.3 is 0 Å². The van der Waals surface area contributed by atoms with E-state index in [9.17, 15) is 4.79 Å². The third-order valence-corrected chi connectivity index (χ3v) is 2.81. The third-order valence-electron chi connectivity index (χ3n) is 2.81. The van der Waals surface area contributed by atoms with Gasteiger partial charge in [-0.3, -0.25) is 4.79 Å². The summed E-state index contributed by atoms with van der Waals surface area (Å²) < 4.78 is 0. The van der Waals surface area contributed by atoms with Crippen LogP contribution in [0.2, 0.25) is 0 Å². The number of amides is 1. The first kappa shape index (κ1) is 14.2. The van der Waals surface area contributed by atoms with Crippen LogP contribution in [0, 0.1) is 11.3 Å². The van der Waals surface area contributed by atoms with Crippen molar-refractivity contribution >= 4 is 5.91 Å². The van der Waals surface area contributed by atoms with Crippen molar-refractivity contribution in [1.82, 2.24) is 4.90 Å². The van der Waals surface area contributed by atoms with Crippen molar-refractivity contribution in [1.29, 1.82) is 5.26 Å². The van der Waals surface area contributed by atoms with Crippen LogP contribution in [0.25, 0.3) is 0 Å². The Morgan fingerprint density at radius 1 is 1.28 bits per heavy atom. The molecule has 18 heavy (non-hydrogen) atoms. The highest BCUT2D eigenvalue weighted by Crippen LogP contribution is 2.11. The first-order chi connectivity index (χ1) is 8.45. The minimum absolute atomic E-state index is 0.107. The highest BCUT2D eigenvalue weighted by Gasteiger charge is 2.19. The molecule has 0 aliphatic carbocycles. The molecule has 0 unspecified atom stereocenters. The number of hydrogen-bond donors (Lipinski definition) is 0. The van der Waals surface area contributed by atoms with Crippen molar-refractivity contribution in [2.24, 2.45) is 0 Å². The van der Waals surface area contributed by atoms with Crippen LogP contribution in [0.4, 0.5) is 0 Å². The molecule has 0 saturated carbocycles. The third kappa shape index (κ3) is 3.59. The Labute approximate surface area is 109 Å². The fourth-order valence-corrected chi connectivity index (χ4v) is 2.19. The maximum absolute atomic E-state index is 12.2. The van der Waals surface area contributed by atoms with Crippen molar-refractivity contribution in [2.45, 2.75) is 46.2 Å². The Morgan fingerprint density at radius 3 is 2.39 bits per heavy atom. The molecule has 0 aromatic heterocycles. The molecule has 0 aliphatic heterocycles. The summed E-state index contributed by atoms with van der Waals surface area (Å²) in [5.41, 5.74) is 1.49. The van der Waals surface area contributed by atoms with Crippen LogP contribution in [0.3, 0.4) is 0 Å². The summed E-state index contributed by atoms with van der Waals surface area (Å²) in [6, 6.07) is 9.70. The Balaban J connectivity index is 2.83. The molecule has 0 aliphatic rings. The van der Waals surface area contributed by atoms with Crippen molar-refractivity contribution < 1.29 is 4.79 Å². The molecule has 1 rings (SSSR count). The molecular formula is C15H20N2O. The summed E-state index contributed by atoms with van der Waals surface area (Å²) >= 11 is 0. The Morgan fingerprint density at radius 2 is 1.89 bits per heavy atom. The number of benzene rings is 1. The number of carbonyl (C=O) groups excluding carboxylic acids is 1. The smallest absolute Gasteiger partial charge is 0.227 e. The maximum Gasteiger partial charge on any atom is 0.227 e. The SMILES string of the molecule is CC(C)N(C(=O)Cc1cccc(C#N)c1)C(C)C. The van der Waals surface area contributed by atoms with Crippen LogP contribution in [-0.4, -0.2) is 22.9 Å². The van der Waals surface area contributed by atoms with Crippen molar-refractivity contribution in [2.75, 3.05) is 0 Å². The second-order valence-corrected chi connectivity index (χ2v) is 4.98. The van der Waals surface area contributed by atoms with E-state index in [1.165, 1.54) is 0 Å². The van der Waals surface area contributed by atoms with Crippen molar-refractivity contribution in [3.8, 4) is 6.07 Å². The summed E-state index contributed by atoms with van der Waals surface area (Å²) in [6.07, 6.45) is 0.353. The second kappa shape index (κ2) is 6.20. The van der Waals surface area contributed by atoms with Gasteiger partial charge in [-0.15, -0.1) is 0 Å². The summed E-state index contributed by atoms with van der Waals surface area (Å²) in [4.78, 5) is 14.1. The normalized spacial score (nSPS) is 10.5. The molecule has 0 atom stereocenters. The predicted octanol–water partition coefficient (Wildman–Crippen LogP) is 2.75. The molecule has 3 nitrogen and oxygen atoms in total. The van der Waals surface area contributed by atoms with Crippen LogP contribution >= 0.6 is 0 Å². The van der Waals surface area contributed by atoms with Gasteiger partial charge in [0.2, 0.25) is 5.91 Å². The van der Waals surface area contributed by atoms with Gasteiger partial charge in [0.1, 0.15) is 0 Å². The summed E-state index contributed by atoms with van der Waals surface area (Å²) in [5.74, 6) is 0.107. The zero-order valence-corrected chi connectivity index (χ0v) is 11.5. The predicted molar refractivity (Wildman–Crippen MR) is 72.0 cm³/mol. The highest BCUT2D eigenvalue weighted by molar-refractivity contribution is 5.79. The first-order valence-corrected chi connectivity index (χ1v) is 6.26. The van der Waals surface area contributed by atoms with E-state index in [2.05, 4.69) is 6.07 Å². The van der Waals surface area contributed by atoms with Gasteiger partial charge in [0.25, 0.3) is 0 Å². The van der Waals surface area contributed by atoms with Gasteiger partial charge in [0.05, 0.1) is 18.1 Å². The molecule has 0 N–H and O–H groups in total. The number of hydrogen-bond acceptors (Lipinski definition) is 2. The van der Waals surface area contributed by atoms with Gasteiger partial charge in [-0.1, -0.05) is 12.1 Å². The lowest BCUT2D eigenvalue weighted by Crippen LogP contribution is -2.42. The van der Waals surface area contributed by atoms with Gasteiger partial charge in [0.15, 0.2) is 0 Å². The topological polar surface area (TPSA) is 44.1 Å². The standard InChI is InChI=1S/C15H20N2O/c1-11(2)17(12(3)4)15(18)9-13-6-5-7-14(8-13)10-16/h5-8,11-12H,9H2,1-4H3. The van der Waals surface area contributed by atoms with Crippen LogP contribution in [-0.2, 0) is 11.2 Å². The van der Waals surface area contributed by atoms with Crippen LogP contribution in [0.5, 0.6) is 0 Å². The van der Waals surface area contributed by atoms with Gasteiger partial charge in [-0.2, -0.15) is 5.26 Å². The summed E-state index contributed by atoms with van der Waals surface area (Å²) in [6.45, 7) is 8.07. The van der Waals surface area contributed by atoms with Gasteiger partial charge < -0.3 is 4.90 Å². The molecule has 0 fully saturated rings. The average molecular weight is 244 g/mol. The molecule has 0 spiro atoms. The maximum atomic E-state index is 12.2. The van der Waals surface area contributed by atoms with Crippen LogP contribution in [0.15, 0.2) is 24.3 Å². The molecule has 0 radical (unpaired) electrons. The lowest BCUT2D eigenvalue weighted by atomic mass is 10.1. The molecule has 0 heterocycles. The summed E-state index contributed by atoms with van der Waals surface area (Å²) in [5, 5.41) is 8.84. The van der Waals surface area contributed by atoms with Crippen LogP contribution < -0.4 is 0 Å². The van der Waals surface area contributed by atoms with E-state index in [-0.39, 0.29) is 18.0 Å². The molecular weight excluding hydrogens is 224 g/mol. The zero-order chi connectivity index (χ0) is 13.7. The minimum atomic E-state index is 0.107. The molecule has 1 aromatic carbocycles. The number of nitrogens with zero attached hydrogens (tertiary/aromatic N) is 2. The summed E-state index contributed by atoms with van der Waals surface area (Å²) in [7, 11) is 0. The van der Waals surface area contributed by atoms with E-state index >= 15 is 0 Å². The zero-order valence-electron chi connectivity index (χ0n) is 11.5. The highest BCUT2D eigenvalue weighted by atomic mass is 16.2. The number of nitriles is 1. The average Bonchev–Trinajstić information content (AvgIpc) is 2.28. The van der Waals surface area contributed by atoms with Crippen molar-refractivity contribution in [3.63, 3.8) is 0 Å². The molecule has 0 saturated heterocycles. The van der Waals surface area contributed by atoms with E-state index in [4.69, 9.17) is 5.26 Å². The van der Waals surface area contributed by atoms with E-state index in [1.807, 2.05) is 44.7 Å². The minimum Gasteiger partial charge on any atom is -0.338 e. The Kier molecular flexibility index (Phi) is 4.91. The number of carbonyl (C=O) groups is 1. The van der Waals surface area contributed by atoms with E-state index in [1.54, 1.807) is 12.1 Å². The molecule has 1 amide bonds. The molecule has 1 aromatic rings. The molecule has 3 heteroatoms. The van der Waals surface area contributed by atoms with Gasteiger partial charge in [-0.05, 0) is 45.4 Å². The lowest BCUT2D eigenvalue weighted by molar-refractivity contribution is -0.134. The van der Waals surface area contributed by atoms with E-state index in [0.29, 0.717) is 12.0 Å². The monoisotopic (exact) mass is 244 g/mol.